The molecule has 88 valence electrons. The summed E-state index contributed by atoms with van der Waals surface area (Å²) in [6.07, 6.45) is 1.26. The molecule has 0 unspecified atom stereocenters. The summed E-state index contributed by atoms with van der Waals surface area (Å²) < 4.78 is 25.9. The van der Waals surface area contributed by atoms with E-state index in [-0.39, 0.29) is 5.75 Å². The molecule has 0 saturated carbocycles. The van der Waals surface area contributed by atoms with Crippen molar-refractivity contribution in [3.05, 3.63) is 48.6 Å². The Morgan fingerprint density at radius 3 is 2.41 bits per heavy atom. The molecule has 0 saturated heterocycles. The minimum atomic E-state index is -1.54. The molecule has 5 heteroatoms. The molecular weight excluding hydrogens is 228 g/mol. The molecule has 0 amide bonds. The first-order valence-electron chi connectivity index (χ1n) is 4.59. The summed E-state index contributed by atoms with van der Waals surface area (Å²) in [7, 11) is 0. The molecule has 0 bridgehead atoms. The lowest BCUT2D eigenvalue weighted by atomic mass is 10.3. The minimum Gasteiger partial charge on any atom is -0.508 e. The van der Waals surface area contributed by atoms with E-state index < -0.39 is 17.4 Å². The minimum absolute atomic E-state index is 0.0352. The van der Waals surface area contributed by atoms with E-state index in [0.717, 1.165) is 0 Å². The van der Waals surface area contributed by atoms with Crippen molar-refractivity contribution in [2.45, 2.75) is 0 Å². The molecular formula is C12H9F2NO2. The molecule has 0 aliphatic heterocycles. The highest BCUT2D eigenvalue weighted by Crippen LogP contribution is 2.17. The lowest BCUT2D eigenvalue weighted by Gasteiger charge is -1.94. The highest BCUT2D eigenvalue weighted by molar-refractivity contribution is 6.05. The van der Waals surface area contributed by atoms with Gasteiger partial charge in [0.05, 0.1) is 11.9 Å². The fraction of sp³-hybridized carbons (Fsp3) is 0. The molecule has 0 aromatic heterocycles. The third kappa shape index (κ3) is 3.64. The zero-order valence-corrected chi connectivity index (χ0v) is 8.73. The number of ketones is 1. The summed E-state index contributed by atoms with van der Waals surface area (Å²) in [5, 5.41) is 8.98. The molecule has 0 aliphatic carbocycles. The zero-order chi connectivity index (χ0) is 12.8. The van der Waals surface area contributed by atoms with Gasteiger partial charge in [-0.15, -0.1) is 0 Å². The number of hydrogen-bond donors (Lipinski definition) is 1. The number of carbonyl (C=O) groups is 1. The van der Waals surface area contributed by atoms with Crippen LogP contribution in [0.3, 0.4) is 0 Å². The predicted octanol–water partition coefficient (Wildman–Crippen LogP) is 3.00. The smallest absolute Gasteiger partial charge is 0.216 e. The Hall–Kier alpha value is -2.30. The molecule has 1 aromatic carbocycles. The van der Waals surface area contributed by atoms with E-state index in [1.54, 1.807) is 0 Å². The Labute approximate surface area is 96.4 Å². The van der Waals surface area contributed by atoms with Crippen LogP contribution in [0.25, 0.3) is 0 Å². The molecule has 0 fully saturated rings. The molecule has 1 rings (SSSR count). The average molecular weight is 237 g/mol. The Kier molecular flexibility index (Phi) is 4.28. The van der Waals surface area contributed by atoms with Crippen LogP contribution in [0.15, 0.2) is 53.6 Å². The number of halogens is 2. The third-order valence-electron chi connectivity index (χ3n) is 1.79. The lowest BCUT2D eigenvalue weighted by Crippen LogP contribution is -1.95. The first-order valence-corrected chi connectivity index (χ1v) is 4.59. The van der Waals surface area contributed by atoms with E-state index in [0.29, 0.717) is 18.0 Å². The summed E-state index contributed by atoms with van der Waals surface area (Å²) in [6, 6.07) is 5.51. The van der Waals surface area contributed by atoms with Crippen LogP contribution in [0, 0.1) is 0 Å². The van der Waals surface area contributed by atoms with Crippen molar-refractivity contribution in [1.29, 1.82) is 0 Å². The second-order valence-electron chi connectivity index (χ2n) is 3.00. The Morgan fingerprint density at radius 2 is 1.88 bits per heavy atom. The van der Waals surface area contributed by atoms with E-state index in [4.69, 9.17) is 5.11 Å². The zero-order valence-electron chi connectivity index (χ0n) is 8.73. The maximum Gasteiger partial charge on any atom is 0.216 e. The second kappa shape index (κ2) is 5.69. The van der Waals surface area contributed by atoms with Crippen LogP contribution in [0.4, 0.5) is 14.5 Å². The highest BCUT2D eigenvalue weighted by Gasteiger charge is 2.10. The molecule has 17 heavy (non-hydrogen) atoms. The van der Waals surface area contributed by atoms with Gasteiger partial charge < -0.3 is 5.11 Å². The Morgan fingerprint density at radius 1 is 1.29 bits per heavy atom. The van der Waals surface area contributed by atoms with Crippen LogP contribution < -0.4 is 0 Å². The Bertz CT molecular complexity index is 490. The van der Waals surface area contributed by atoms with Gasteiger partial charge in [0.1, 0.15) is 5.75 Å². The number of aliphatic imine (C=N–C) groups is 1. The number of benzene rings is 1. The van der Waals surface area contributed by atoms with Gasteiger partial charge in [-0.3, -0.25) is 9.79 Å². The largest absolute Gasteiger partial charge is 0.508 e. The highest BCUT2D eigenvalue weighted by atomic mass is 19.2. The van der Waals surface area contributed by atoms with Crippen LogP contribution in [0.1, 0.15) is 0 Å². The Balaban J connectivity index is 2.87. The van der Waals surface area contributed by atoms with Crippen LogP contribution in [0.2, 0.25) is 0 Å². The maximum absolute atomic E-state index is 13.0. The van der Waals surface area contributed by atoms with Gasteiger partial charge >= 0.3 is 0 Å². The fourth-order valence-corrected chi connectivity index (χ4v) is 0.934. The molecule has 3 nitrogen and oxygen atoms in total. The molecule has 0 radical (unpaired) electrons. The standard InChI is InChI=1S/C12H9F2NO2/c1-2-11(17)12(14)10(13)7-15-8-3-5-9(16)6-4-8/h2-7,16H,1H2/b12-10+,15-7?. The normalized spacial score (nSPS) is 12.4. The van der Waals surface area contributed by atoms with Gasteiger partial charge in [0.2, 0.25) is 11.6 Å². The van der Waals surface area contributed by atoms with Crippen LogP contribution in [-0.4, -0.2) is 17.1 Å². The molecule has 0 heterocycles. The van der Waals surface area contributed by atoms with Crippen LogP contribution in [-0.2, 0) is 4.79 Å². The topological polar surface area (TPSA) is 49.7 Å². The monoisotopic (exact) mass is 237 g/mol. The van der Waals surface area contributed by atoms with E-state index in [2.05, 4.69) is 11.6 Å². The maximum atomic E-state index is 13.0. The summed E-state index contributed by atoms with van der Waals surface area (Å²) in [5.41, 5.74) is 0.316. The van der Waals surface area contributed by atoms with Gasteiger partial charge in [-0.2, -0.15) is 4.39 Å². The van der Waals surface area contributed by atoms with E-state index >= 15 is 0 Å². The van der Waals surface area contributed by atoms with Crippen molar-refractivity contribution in [2.24, 2.45) is 4.99 Å². The first-order chi connectivity index (χ1) is 8.04. The van der Waals surface area contributed by atoms with E-state index in [1.807, 2.05) is 0 Å². The van der Waals surface area contributed by atoms with Crippen molar-refractivity contribution in [3.63, 3.8) is 0 Å². The number of phenols is 1. The lowest BCUT2D eigenvalue weighted by molar-refractivity contribution is -0.112. The molecule has 0 aliphatic rings. The van der Waals surface area contributed by atoms with Gasteiger partial charge in [0, 0.05) is 0 Å². The number of nitrogens with zero attached hydrogens (tertiary/aromatic N) is 1. The van der Waals surface area contributed by atoms with Gasteiger partial charge in [-0.1, -0.05) is 6.58 Å². The molecule has 0 atom stereocenters. The fourth-order valence-electron chi connectivity index (χ4n) is 0.934. The van der Waals surface area contributed by atoms with Gasteiger partial charge in [-0.25, -0.2) is 4.39 Å². The molecule has 0 spiro atoms. The summed E-state index contributed by atoms with van der Waals surface area (Å²) in [6.45, 7) is 3.03. The number of phenolic OH excluding ortho intramolecular Hbond substituents is 1. The van der Waals surface area contributed by atoms with Crippen molar-refractivity contribution in [3.8, 4) is 5.75 Å². The number of allylic oxidation sites excluding steroid dienone is 3. The third-order valence-corrected chi connectivity index (χ3v) is 1.79. The average Bonchev–Trinajstić information content (AvgIpc) is 2.35. The second-order valence-corrected chi connectivity index (χ2v) is 3.00. The quantitative estimate of drug-likeness (QED) is 0.646. The van der Waals surface area contributed by atoms with Crippen molar-refractivity contribution >= 4 is 17.7 Å². The molecule has 1 N–H and O–H groups in total. The van der Waals surface area contributed by atoms with Crippen molar-refractivity contribution in [2.75, 3.05) is 0 Å². The van der Waals surface area contributed by atoms with Crippen LogP contribution >= 0.6 is 0 Å². The van der Waals surface area contributed by atoms with Crippen molar-refractivity contribution < 1.29 is 18.7 Å². The van der Waals surface area contributed by atoms with Gasteiger partial charge in [-0.05, 0) is 30.3 Å². The summed E-state index contributed by atoms with van der Waals surface area (Å²) >= 11 is 0. The summed E-state index contributed by atoms with van der Waals surface area (Å²) in [5.74, 6) is -4.02. The predicted molar refractivity (Wildman–Crippen MR) is 60.7 cm³/mol. The van der Waals surface area contributed by atoms with E-state index in [9.17, 15) is 13.6 Å². The SMILES string of the molecule is C=CC(=O)/C(F)=C(\F)C=Nc1ccc(O)cc1. The first kappa shape index (κ1) is 12.8. The molecule has 1 aromatic rings. The van der Waals surface area contributed by atoms with Gasteiger partial charge in [0.15, 0.2) is 5.83 Å². The van der Waals surface area contributed by atoms with Crippen LogP contribution in [0.5, 0.6) is 5.75 Å². The van der Waals surface area contributed by atoms with Gasteiger partial charge in [0.25, 0.3) is 0 Å². The summed E-state index contributed by atoms with van der Waals surface area (Å²) in [4.78, 5) is 14.3. The number of hydrogen-bond acceptors (Lipinski definition) is 3. The number of carbonyl (C=O) groups excluding carboxylic acids is 1. The van der Waals surface area contributed by atoms with Crippen molar-refractivity contribution in [1.82, 2.24) is 0 Å². The van der Waals surface area contributed by atoms with E-state index in [1.165, 1.54) is 24.3 Å². The number of aromatic hydroxyl groups is 1. The number of rotatable bonds is 4.